The van der Waals surface area contributed by atoms with Crippen molar-refractivity contribution < 1.29 is 5.11 Å². The first kappa shape index (κ1) is 21.4. The summed E-state index contributed by atoms with van der Waals surface area (Å²) in [4.78, 5) is 4.06. The fraction of sp³-hybridized carbons (Fsp3) is 0.240. The van der Waals surface area contributed by atoms with Crippen molar-refractivity contribution in [2.75, 3.05) is 6.61 Å². The summed E-state index contributed by atoms with van der Waals surface area (Å²) < 4.78 is 2.08. The molecule has 3 aromatic rings. The lowest BCUT2D eigenvalue weighted by atomic mass is 9.98. The molecule has 1 aromatic heterocycles. The summed E-state index contributed by atoms with van der Waals surface area (Å²) in [5.41, 5.74) is 7.40. The second kappa shape index (κ2) is 11.0. The van der Waals surface area contributed by atoms with Gasteiger partial charge in [0.2, 0.25) is 0 Å². The molecule has 3 N–H and O–H groups in total. The van der Waals surface area contributed by atoms with Crippen LogP contribution in [0.25, 0.3) is 11.1 Å². The van der Waals surface area contributed by atoms with Gasteiger partial charge in [-0.1, -0.05) is 62.4 Å². The quantitative estimate of drug-likeness (QED) is 0.615. The highest BCUT2D eigenvalue weighted by molar-refractivity contribution is 5.70. The van der Waals surface area contributed by atoms with Gasteiger partial charge in [-0.15, -0.1) is 0 Å². The van der Waals surface area contributed by atoms with E-state index >= 15 is 0 Å². The first-order valence-corrected chi connectivity index (χ1v) is 10.4. The van der Waals surface area contributed by atoms with Crippen molar-refractivity contribution in [1.82, 2.24) is 20.2 Å². The Morgan fingerprint density at radius 1 is 0.867 bits per heavy atom. The molecule has 0 radical (unpaired) electrons. The average Bonchev–Trinajstić information content (AvgIpc) is 3.34. The zero-order valence-corrected chi connectivity index (χ0v) is 17.7. The van der Waals surface area contributed by atoms with Gasteiger partial charge < -0.3 is 20.3 Å². The van der Waals surface area contributed by atoms with Gasteiger partial charge in [-0.25, -0.2) is 4.98 Å². The monoisotopic (exact) mass is 402 g/mol. The molecular formula is C25H30N4O. The normalized spacial score (nSPS) is 13.4. The largest absolute Gasteiger partial charge is 0.392 e. The van der Waals surface area contributed by atoms with E-state index in [1.807, 2.05) is 57.0 Å². The van der Waals surface area contributed by atoms with Gasteiger partial charge in [-0.3, -0.25) is 0 Å². The Balaban J connectivity index is 0.000000163. The van der Waals surface area contributed by atoms with Gasteiger partial charge in [-0.05, 0) is 27.8 Å². The van der Waals surface area contributed by atoms with E-state index in [0.29, 0.717) is 0 Å². The molecule has 0 saturated carbocycles. The molecule has 5 nitrogen and oxygen atoms in total. The highest BCUT2D eigenvalue weighted by atomic mass is 16.3. The third-order valence-electron chi connectivity index (χ3n) is 4.95. The van der Waals surface area contributed by atoms with E-state index in [4.69, 9.17) is 5.11 Å². The molecule has 0 aliphatic carbocycles. The van der Waals surface area contributed by atoms with Crippen LogP contribution in [-0.2, 0) is 19.6 Å². The van der Waals surface area contributed by atoms with Gasteiger partial charge in [0, 0.05) is 43.5 Å². The van der Waals surface area contributed by atoms with E-state index in [1.54, 1.807) is 0 Å². The molecule has 0 bridgehead atoms. The number of hydrogen-bond acceptors (Lipinski definition) is 4. The number of aliphatic hydroxyl groups excluding tert-OH is 1. The average molecular weight is 403 g/mol. The fourth-order valence-electron chi connectivity index (χ4n) is 3.54. The summed E-state index contributed by atoms with van der Waals surface area (Å²) in [6.07, 6.45) is 9.61. The molecule has 0 fully saturated rings. The van der Waals surface area contributed by atoms with E-state index in [9.17, 15) is 0 Å². The summed E-state index contributed by atoms with van der Waals surface area (Å²) >= 11 is 0. The van der Waals surface area contributed by atoms with Crippen molar-refractivity contribution in [2.24, 2.45) is 0 Å². The molecule has 0 spiro atoms. The Bertz CT molecular complexity index is 990. The van der Waals surface area contributed by atoms with E-state index in [-0.39, 0.29) is 6.61 Å². The number of benzene rings is 2. The summed E-state index contributed by atoms with van der Waals surface area (Å²) in [6.45, 7) is 6.75. The number of aliphatic hydroxyl groups is 1. The minimum atomic E-state index is 0.101. The van der Waals surface area contributed by atoms with Gasteiger partial charge in [0.05, 0.1) is 19.5 Å². The summed E-state index contributed by atoms with van der Waals surface area (Å²) in [6, 6.07) is 16.6. The highest BCUT2D eigenvalue weighted by Gasteiger charge is 2.11. The lowest BCUT2D eigenvalue weighted by Gasteiger charge is -2.19. The van der Waals surface area contributed by atoms with Crippen LogP contribution in [0.4, 0.5) is 0 Å². The third kappa shape index (κ3) is 5.19. The van der Waals surface area contributed by atoms with Crippen molar-refractivity contribution in [3.8, 4) is 0 Å². The Morgan fingerprint density at radius 3 is 2.00 bits per heavy atom. The molecule has 2 aliphatic heterocycles. The third-order valence-corrected chi connectivity index (χ3v) is 4.95. The van der Waals surface area contributed by atoms with Crippen molar-refractivity contribution in [1.29, 1.82) is 0 Å². The molecule has 0 atom stereocenters. The Labute approximate surface area is 178 Å². The maximum atomic E-state index is 9.03. The molecule has 156 valence electrons. The second-order valence-corrected chi connectivity index (χ2v) is 6.81. The van der Waals surface area contributed by atoms with Crippen LogP contribution >= 0.6 is 0 Å². The first-order valence-electron chi connectivity index (χ1n) is 10.4. The number of allylic oxidation sites excluding steroid dienone is 1. The minimum absolute atomic E-state index is 0.101. The molecular weight excluding hydrogens is 372 g/mol. The van der Waals surface area contributed by atoms with Crippen molar-refractivity contribution in [3.05, 3.63) is 102 Å². The topological polar surface area (TPSA) is 62.1 Å². The highest BCUT2D eigenvalue weighted by Crippen LogP contribution is 2.23. The van der Waals surface area contributed by atoms with E-state index < -0.39 is 0 Å². The van der Waals surface area contributed by atoms with Crippen LogP contribution in [0.5, 0.6) is 0 Å². The number of rotatable bonds is 3. The predicted molar refractivity (Wildman–Crippen MR) is 123 cm³/mol. The number of imidazole rings is 1. The zero-order valence-electron chi connectivity index (χ0n) is 17.7. The van der Waals surface area contributed by atoms with E-state index in [2.05, 4.69) is 56.7 Å². The van der Waals surface area contributed by atoms with Gasteiger partial charge in [0.15, 0.2) is 0 Å². The van der Waals surface area contributed by atoms with Gasteiger partial charge in [0.1, 0.15) is 0 Å². The van der Waals surface area contributed by atoms with Crippen LogP contribution in [0.15, 0.2) is 79.7 Å². The molecule has 2 aliphatic rings. The van der Waals surface area contributed by atoms with E-state index in [1.165, 1.54) is 27.8 Å². The number of aromatic nitrogens is 2. The van der Waals surface area contributed by atoms with Crippen molar-refractivity contribution in [2.45, 2.75) is 33.5 Å². The number of hydrogen-bond donors (Lipinski definition) is 3. The SMILES string of the molecule is C1=C(Cn2ccnc2)c2ccccc2CN1.CC.OCC1=CNCc2ccccc21. The van der Waals surface area contributed by atoms with Crippen LogP contribution in [0.2, 0.25) is 0 Å². The predicted octanol–water partition coefficient (Wildman–Crippen LogP) is 4.18. The van der Waals surface area contributed by atoms with Crippen LogP contribution in [0, 0.1) is 0 Å². The Hall–Kier alpha value is -3.31. The molecule has 5 heteroatoms. The molecule has 0 saturated heterocycles. The van der Waals surface area contributed by atoms with Crippen molar-refractivity contribution >= 4 is 11.1 Å². The fourth-order valence-corrected chi connectivity index (χ4v) is 3.54. The van der Waals surface area contributed by atoms with Crippen LogP contribution < -0.4 is 10.6 Å². The molecule has 0 unspecified atom stereocenters. The smallest absolute Gasteiger partial charge is 0.0949 e. The number of nitrogens with zero attached hydrogens (tertiary/aromatic N) is 2. The molecule has 0 amide bonds. The van der Waals surface area contributed by atoms with Crippen LogP contribution in [0.1, 0.15) is 36.1 Å². The molecule has 30 heavy (non-hydrogen) atoms. The van der Waals surface area contributed by atoms with E-state index in [0.717, 1.165) is 25.2 Å². The Morgan fingerprint density at radius 2 is 1.43 bits per heavy atom. The summed E-state index contributed by atoms with van der Waals surface area (Å²) in [5.74, 6) is 0. The van der Waals surface area contributed by atoms with Crippen LogP contribution in [-0.4, -0.2) is 21.3 Å². The Kier molecular flexibility index (Phi) is 7.86. The van der Waals surface area contributed by atoms with Gasteiger partial charge in [0.25, 0.3) is 0 Å². The lowest BCUT2D eigenvalue weighted by molar-refractivity contribution is 0.349. The number of nitrogens with one attached hydrogen (secondary N) is 2. The van der Waals surface area contributed by atoms with Crippen molar-refractivity contribution in [3.63, 3.8) is 0 Å². The maximum Gasteiger partial charge on any atom is 0.0949 e. The van der Waals surface area contributed by atoms with Crippen LogP contribution in [0.3, 0.4) is 0 Å². The lowest BCUT2D eigenvalue weighted by Crippen LogP contribution is -2.15. The first-order chi connectivity index (χ1) is 14.8. The number of fused-ring (bicyclic) bond motifs is 2. The summed E-state index contributed by atoms with van der Waals surface area (Å²) in [7, 11) is 0. The minimum Gasteiger partial charge on any atom is -0.392 e. The maximum absolute atomic E-state index is 9.03. The molecule has 3 heterocycles. The zero-order chi connectivity index (χ0) is 21.2. The summed E-state index contributed by atoms with van der Waals surface area (Å²) in [5, 5.41) is 15.5. The van der Waals surface area contributed by atoms with Gasteiger partial charge >= 0.3 is 0 Å². The molecule has 5 rings (SSSR count). The van der Waals surface area contributed by atoms with Gasteiger partial charge in [-0.2, -0.15) is 0 Å². The second-order valence-electron chi connectivity index (χ2n) is 6.81. The molecule has 2 aromatic carbocycles. The standard InChI is InChI=1S/C13H13N3.C10H11NO.C2H6/c1-2-4-13-11(3-1)7-15-8-12(13)9-16-6-5-14-10-16;12-7-9-6-11-5-8-3-1-2-4-10(8)9;1-2/h1-6,8,10,15H,7,9H2;1-4,6,11-12H,5,7H2;1-2H3.